The van der Waals surface area contributed by atoms with E-state index in [0.717, 1.165) is 4.47 Å². The summed E-state index contributed by atoms with van der Waals surface area (Å²) in [4.78, 5) is 36.0. The van der Waals surface area contributed by atoms with E-state index in [0.29, 0.717) is 11.3 Å². The van der Waals surface area contributed by atoms with Gasteiger partial charge in [0.2, 0.25) is 11.8 Å². The number of amides is 2. The highest BCUT2D eigenvalue weighted by atomic mass is 79.9. The van der Waals surface area contributed by atoms with Crippen molar-refractivity contribution in [2.24, 2.45) is 0 Å². The molecule has 0 aliphatic rings. The molecule has 2 aromatic rings. The first-order valence-corrected chi connectivity index (χ1v) is 8.18. The summed E-state index contributed by atoms with van der Waals surface area (Å²) in [6.45, 7) is -0.152. The molecule has 0 heterocycles. The van der Waals surface area contributed by atoms with Crippen LogP contribution in [0.15, 0.2) is 53.0 Å². The summed E-state index contributed by atoms with van der Waals surface area (Å²) in [7, 11) is 1.48. The second-order valence-electron chi connectivity index (χ2n) is 5.34. The smallest absolute Gasteiger partial charge is 0.273 e. The number of anilines is 1. The largest absolute Gasteiger partial charge is 0.336 e. The maximum Gasteiger partial charge on any atom is 0.273 e. The van der Waals surface area contributed by atoms with Crippen LogP contribution >= 0.6 is 15.9 Å². The first-order valence-electron chi connectivity index (χ1n) is 7.39. The van der Waals surface area contributed by atoms with Crippen LogP contribution in [0.4, 0.5) is 11.4 Å². The molecule has 0 aliphatic carbocycles. The number of nitro groups is 1. The van der Waals surface area contributed by atoms with E-state index < -0.39 is 4.92 Å². The number of hydrogen-bond donors (Lipinski definition) is 1. The Balaban J connectivity index is 1.98. The van der Waals surface area contributed by atoms with Gasteiger partial charge in [0, 0.05) is 23.2 Å². The first-order chi connectivity index (χ1) is 11.9. The maximum absolute atomic E-state index is 12.3. The Labute approximate surface area is 152 Å². The standard InChI is InChI=1S/C17H16BrN3O4/c1-20(11-16(22)19-14-8-4-3-7-13(14)18)17(23)10-12-6-2-5-9-15(12)21(24)25/h2-9H,10-11H2,1H3,(H,19,22). The third-order valence-electron chi connectivity index (χ3n) is 3.48. The molecule has 0 spiro atoms. The van der Waals surface area contributed by atoms with E-state index in [1.807, 2.05) is 6.07 Å². The van der Waals surface area contributed by atoms with Crippen molar-refractivity contribution in [3.05, 3.63) is 68.7 Å². The lowest BCUT2D eigenvalue weighted by Gasteiger charge is -2.17. The van der Waals surface area contributed by atoms with Crippen LogP contribution in [-0.2, 0) is 16.0 Å². The molecular formula is C17H16BrN3O4. The number of benzene rings is 2. The van der Waals surface area contributed by atoms with Crippen molar-refractivity contribution in [1.29, 1.82) is 0 Å². The molecule has 130 valence electrons. The van der Waals surface area contributed by atoms with Crippen LogP contribution in [0.5, 0.6) is 0 Å². The van der Waals surface area contributed by atoms with Crippen molar-refractivity contribution in [2.75, 3.05) is 18.9 Å². The quantitative estimate of drug-likeness (QED) is 0.590. The van der Waals surface area contributed by atoms with E-state index in [-0.39, 0.29) is 30.5 Å². The van der Waals surface area contributed by atoms with Gasteiger partial charge in [-0.15, -0.1) is 0 Å². The van der Waals surface area contributed by atoms with Gasteiger partial charge in [-0.05, 0) is 28.1 Å². The molecule has 0 unspecified atom stereocenters. The molecule has 0 bridgehead atoms. The Morgan fingerprint density at radius 1 is 1.16 bits per heavy atom. The number of rotatable bonds is 6. The van der Waals surface area contributed by atoms with Gasteiger partial charge in [0.25, 0.3) is 5.69 Å². The fraction of sp³-hybridized carbons (Fsp3) is 0.176. The monoisotopic (exact) mass is 405 g/mol. The second-order valence-corrected chi connectivity index (χ2v) is 6.19. The average molecular weight is 406 g/mol. The van der Waals surface area contributed by atoms with Gasteiger partial charge in [-0.1, -0.05) is 30.3 Å². The minimum absolute atomic E-state index is 0.109. The average Bonchev–Trinajstić information content (AvgIpc) is 2.57. The predicted molar refractivity (Wildman–Crippen MR) is 97.2 cm³/mol. The van der Waals surface area contributed by atoms with Crippen molar-refractivity contribution in [3.8, 4) is 0 Å². The lowest BCUT2D eigenvalue weighted by Crippen LogP contribution is -2.36. The first kappa shape index (κ1) is 18.6. The number of hydrogen-bond acceptors (Lipinski definition) is 4. The SMILES string of the molecule is CN(CC(=O)Nc1ccccc1Br)C(=O)Cc1ccccc1[N+](=O)[O-]. The molecule has 0 aromatic heterocycles. The van der Waals surface area contributed by atoms with Crippen molar-refractivity contribution < 1.29 is 14.5 Å². The molecule has 2 rings (SSSR count). The van der Waals surface area contributed by atoms with Gasteiger partial charge in [0.05, 0.1) is 23.6 Å². The summed E-state index contributed by atoms with van der Waals surface area (Å²) in [6.07, 6.45) is -0.143. The van der Waals surface area contributed by atoms with Gasteiger partial charge in [-0.3, -0.25) is 19.7 Å². The Bertz CT molecular complexity index is 810. The summed E-state index contributed by atoms with van der Waals surface area (Å²) in [5, 5.41) is 13.7. The molecule has 0 atom stereocenters. The molecule has 8 heteroatoms. The van der Waals surface area contributed by atoms with E-state index in [9.17, 15) is 19.7 Å². The van der Waals surface area contributed by atoms with E-state index in [4.69, 9.17) is 0 Å². The zero-order valence-electron chi connectivity index (χ0n) is 13.4. The van der Waals surface area contributed by atoms with Gasteiger partial charge >= 0.3 is 0 Å². The van der Waals surface area contributed by atoms with E-state index in [1.165, 1.54) is 24.1 Å². The second kappa shape index (κ2) is 8.39. The lowest BCUT2D eigenvalue weighted by atomic mass is 10.1. The summed E-state index contributed by atoms with van der Waals surface area (Å²) in [5.41, 5.74) is 0.810. The Morgan fingerprint density at radius 3 is 2.48 bits per heavy atom. The third kappa shape index (κ3) is 5.12. The molecule has 7 nitrogen and oxygen atoms in total. The number of nitrogens with one attached hydrogen (secondary N) is 1. The Morgan fingerprint density at radius 2 is 1.80 bits per heavy atom. The molecule has 0 aliphatic heterocycles. The van der Waals surface area contributed by atoms with Crippen LogP contribution in [0.3, 0.4) is 0 Å². The number of halogens is 1. The summed E-state index contributed by atoms with van der Waals surface area (Å²) in [6, 6.07) is 13.2. The predicted octanol–water partition coefficient (Wildman–Crippen LogP) is 3.00. The zero-order valence-corrected chi connectivity index (χ0v) is 15.0. The molecule has 0 fully saturated rings. The Hall–Kier alpha value is -2.74. The third-order valence-corrected chi connectivity index (χ3v) is 4.18. The van der Waals surface area contributed by atoms with Gasteiger partial charge in [-0.2, -0.15) is 0 Å². The minimum Gasteiger partial charge on any atom is -0.336 e. The highest BCUT2D eigenvalue weighted by Gasteiger charge is 2.19. The number of nitrogens with zero attached hydrogens (tertiary/aromatic N) is 2. The molecule has 0 saturated carbocycles. The van der Waals surface area contributed by atoms with Crippen LogP contribution in [0.1, 0.15) is 5.56 Å². The van der Waals surface area contributed by atoms with E-state index in [2.05, 4.69) is 21.2 Å². The van der Waals surface area contributed by atoms with Crippen LogP contribution < -0.4 is 5.32 Å². The summed E-state index contributed by atoms with van der Waals surface area (Å²) >= 11 is 3.33. The van der Waals surface area contributed by atoms with Crippen molar-refractivity contribution in [3.63, 3.8) is 0 Å². The number of carbonyl (C=O) groups is 2. The van der Waals surface area contributed by atoms with Gasteiger partial charge in [0.1, 0.15) is 0 Å². The molecule has 25 heavy (non-hydrogen) atoms. The fourth-order valence-corrected chi connectivity index (χ4v) is 2.58. The maximum atomic E-state index is 12.3. The van der Waals surface area contributed by atoms with Crippen molar-refractivity contribution >= 4 is 39.1 Å². The molecular weight excluding hydrogens is 390 g/mol. The van der Waals surface area contributed by atoms with E-state index in [1.54, 1.807) is 30.3 Å². The molecule has 2 amide bonds. The normalized spacial score (nSPS) is 10.2. The van der Waals surface area contributed by atoms with Crippen LogP contribution in [0.2, 0.25) is 0 Å². The molecule has 1 N–H and O–H groups in total. The fourth-order valence-electron chi connectivity index (χ4n) is 2.19. The zero-order chi connectivity index (χ0) is 18.4. The highest BCUT2D eigenvalue weighted by molar-refractivity contribution is 9.10. The van der Waals surface area contributed by atoms with Gasteiger partial charge in [-0.25, -0.2) is 0 Å². The van der Waals surface area contributed by atoms with Crippen LogP contribution in [0.25, 0.3) is 0 Å². The molecule has 0 radical (unpaired) electrons. The van der Waals surface area contributed by atoms with Crippen LogP contribution in [-0.4, -0.2) is 35.2 Å². The summed E-state index contributed by atoms with van der Waals surface area (Å²) in [5.74, 6) is -0.734. The van der Waals surface area contributed by atoms with Crippen LogP contribution in [0, 0.1) is 10.1 Å². The highest BCUT2D eigenvalue weighted by Crippen LogP contribution is 2.21. The lowest BCUT2D eigenvalue weighted by molar-refractivity contribution is -0.385. The number of nitro benzene ring substituents is 1. The molecule has 0 saturated heterocycles. The summed E-state index contributed by atoms with van der Waals surface area (Å²) < 4.78 is 0.734. The molecule has 2 aromatic carbocycles. The topological polar surface area (TPSA) is 92.6 Å². The van der Waals surface area contributed by atoms with Gasteiger partial charge in [0.15, 0.2) is 0 Å². The van der Waals surface area contributed by atoms with Crippen molar-refractivity contribution in [2.45, 2.75) is 6.42 Å². The number of para-hydroxylation sites is 2. The number of carbonyl (C=O) groups excluding carboxylic acids is 2. The Kier molecular flexibility index (Phi) is 6.24. The van der Waals surface area contributed by atoms with E-state index >= 15 is 0 Å². The van der Waals surface area contributed by atoms with Gasteiger partial charge < -0.3 is 10.2 Å². The van der Waals surface area contributed by atoms with Crippen molar-refractivity contribution in [1.82, 2.24) is 4.90 Å². The minimum atomic E-state index is -0.526. The number of likely N-dealkylation sites (N-methyl/N-ethyl adjacent to an activating group) is 1.